The van der Waals surface area contributed by atoms with Crippen molar-refractivity contribution in [2.75, 3.05) is 23.7 Å². The number of rotatable bonds is 11. The van der Waals surface area contributed by atoms with Crippen LogP contribution in [0.5, 0.6) is 0 Å². The van der Waals surface area contributed by atoms with Gasteiger partial charge in [-0.1, -0.05) is 55.2 Å². The number of aryl methyl sites for hydroxylation is 1. The van der Waals surface area contributed by atoms with Gasteiger partial charge >= 0.3 is 0 Å². The zero-order chi connectivity index (χ0) is 25.5. The Bertz CT molecular complexity index is 1100. The third-order valence-electron chi connectivity index (χ3n) is 5.29. The van der Waals surface area contributed by atoms with Crippen LogP contribution in [-0.2, 0) is 26.2 Å². The normalized spacial score (nSPS) is 12.2. The number of benzene rings is 2. The quantitative estimate of drug-likeness (QED) is 0.469. The van der Waals surface area contributed by atoms with Gasteiger partial charge in [0.05, 0.1) is 11.9 Å². The zero-order valence-corrected chi connectivity index (χ0v) is 22.2. The van der Waals surface area contributed by atoms with Crippen LogP contribution in [0.25, 0.3) is 0 Å². The van der Waals surface area contributed by atoms with E-state index in [1.54, 1.807) is 43.3 Å². The number of carbonyl (C=O) groups is 2. The van der Waals surface area contributed by atoms with Gasteiger partial charge in [-0.3, -0.25) is 13.9 Å². The minimum atomic E-state index is -3.79. The third kappa shape index (κ3) is 7.35. The highest BCUT2D eigenvalue weighted by Gasteiger charge is 2.32. The summed E-state index contributed by atoms with van der Waals surface area (Å²) < 4.78 is 26.3. The first-order valence-corrected chi connectivity index (χ1v) is 13.6. The van der Waals surface area contributed by atoms with E-state index in [0.717, 1.165) is 22.5 Å². The van der Waals surface area contributed by atoms with E-state index in [2.05, 4.69) is 5.32 Å². The Kier molecular flexibility index (Phi) is 10.2. The van der Waals surface area contributed by atoms with Crippen LogP contribution in [0.15, 0.2) is 42.5 Å². The van der Waals surface area contributed by atoms with E-state index >= 15 is 0 Å². The van der Waals surface area contributed by atoms with Crippen molar-refractivity contribution in [1.29, 1.82) is 0 Å². The number of anilines is 1. The number of nitrogens with one attached hydrogen (secondary N) is 1. The summed E-state index contributed by atoms with van der Waals surface area (Å²) in [5.41, 5.74) is 1.71. The number of carbonyl (C=O) groups excluding carboxylic acids is 2. The van der Waals surface area contributed by atoms with Crippen LogP contribution >= 0.6 is 23.2 Å². The summed E-state index contributed by atoms with van der Waals surface area (Å²) >= 11 is 12.7. The van der Waals surface area contributed by atoms with E-state index < -0.39 is 28.5 Å². The smallest absolute Gasteiger partial charge is 0.244 e. The summed E-state index contributed by atoms with van der Waals surface area (Å²) in [6, 6.07) is 11.0. The first-order chi connectivity index (χ1) is 16.0. The molecule has 0 aliphatic heterocycles. The highest BCUT2D eigenvalue weighted by atomic mass is 35.5. The van der Waals surface area contributed by atoms with Gasteiger partial charge in [0.1, 0.15) is 12.6 Å². The second kappa shape index (κ2) is 12.4. The molecule has 2 aromatic carbocycles. The van der Waals surface area contributed by atoms with Crippen molar-refractivity contribution in [3.8, 4) is 0 Å². The summed E-state index contributed by atoms with van der Waals surface area (Å²) in [6.45, 7) is 5.51. The second-order valence-electron chi connectivity index (χ2n) is 8.05. The highest BCUT2D eigenvalue weighted by Crippen LogP contribution is 2.27. The molecule has 0 aliphatic carbocycles. The van der Waals surface area contributed by atoms with Gasteiger partial charge in [0, 0.05) is 28.7 Å². The molecule has 10 heteroatoms. The van der Waals surface area contributed by atoms with Crippen molar-refractivity contribution in [1.82, 2.24) is 10.2 Å². The molecule has 2 amide bonds. The van der Waals surface area contributed by atoms with E-state index in [9.17, 15) is 18.0 Å². The maximum absolute atomic E-state index is 13.6. The van der Waals surface area contributed by atoms with Crippen molar-refractivity contribution in [3.05, 3.63) is 63.6 Å². The first kappa shape index (κ1) is 28.0. The van der Waals surface area contributed by atoms with Gasteiger partial charge in [0.25, 0.3) is 0 Å². The van der Waals surface area contributed by atoms with Gasteiger partial charge in [-0.25, -0.2) is 8.42 Å². The third-order valence-corrected chi connectivity index (χ3v) is 7.14. The van der Waals surface area contributed by atoms with Crippen molar-refractivity contribution in [3.63, 3.8) is 0 Å². The Balaban J connectivity index is 2.48. The van der Waals surface area contributed by atoms with Gasteiger partial charge < -0.3 is 10.2 Å². The van der Waals surface area contributed by atoms with Crippen LogP contribution in [-0.4, -0.2) is 50.5 Å². The molecule has 0 saturated heterocycles. The van der Waals surface area contributed by atoms with E-state index in [0.29, 0.717) is 34.3 Å². The predicted molar refractivity (Wildman–Crippen MR) is 138 cm³/mol. The molecule has 0 bridgehead atoms. The fourth-order valence-corrected chi connectivity index (χ4v) is 4.89. The summed E-state index contributed by atoms with van der Waals surface area (Å²) in [6.07, 6.45) is 2.11. The summed E-state index contributed by atoms with van der Waals surface area (Å²) in [4.78, 5) is 27.9. The largest absolute Gasteiger partial charge is 0.354 e. The van der Waals surface area contributed by atoms with E-state index in [-0.39, 0.29) is 12.5 Å². The van der Waals surface area contributed by atoms with E-state index in [4.69, 9.17) is 23.2 Å². The molecule has 0 heterocycles. The minimum Gasteiger partial charge on any atom is -0.354 e. The highest BCUT2D eigenvalue weighted by molar-refractivity contribution is 7.92. The fourth-order valence-electron chi connectivity index (χ4n) is 3.54. The van der Waals surface area contributed by atoms with Crippen molar-refractivity contribution < 1.29 is 18.0 Å². The van der Waals surface area contributed by atoms with Crippen molar-refractivity contribution >= 4 is 50.7 Å². The number of amides is 2. The molecule has 0 spiro atoms. The minimum absolute atomic E-state index is 0.0409. The average molecular weight is 529 g/mol. The van der Waals surface area contributed by atoms with Crippen LogP contribution in [0.1, 0.15) is 37.8 Å². The molecule has 2 aromatic rings. The van der Waals surface area contributed by atoms with Crippen LogP contribution < -0.4 is 9.62 Å². The lowest BCUT2D eigenvalue weighted by molar-refractivity contribution is -0.140. The van der Waals surface area contributed by atoms with Gasteiger partial charge in [-0.15, -0.1) is 0 Å². The summed E-state index contributed by atoms with van der Waals surface area (Å²) in [5, 5.41) is 3.53. The predicted octanol–water partition coefficient (Wildman–Crippen LogP) is 4.40. The second-order valence-corrected chi connectivity index (χ2v) is 10.8. The van der Waals surface area contributed by atoms with E-state index in [1.807, 2.05) is 19.9 Å². The van der Waals surface area contributed by atoms with Crippen LogP contribution in [0.4, 0.5) is 5.69 Å². The van der Waals surface area contributed by atoms with Crippen LogP contribution in [0.3, 0.4) is 0 Å². The number of sulfonamides is 1. The van der Waals surface area contributed by atoms with Gasteiger partial charge in [-0.05, 0) is 49.6 Å². The lowest BCUT2D eigenvalue weighted by Crippen LogP contribution is -2.52. The Labute approximate surface area is 212 Å². The SMILES string of the molecule is CCCNC(=O)[C@@H](CC)N(Cc1c(Cl)cccc1Cl)C(=O)CN(c1cccc(C)c1)S(C)(=O)=O. The molecule has 186 valence electrons. The zero-order valence-electron chi connectivity index (χ0n) is 19.8. The number of hydrogen-bond acceptors (Lipinski definition) is 4. The number of hydrogen-bond donors (Lipinski definition) is 1. The molecule has 34 heavy (non-hydrogen) atoms. The number of nitrogens with zero attached hydrogens (tertiary/aromatic N) is 2. The molecule has 7 nitrogen and oxygen atoms in total. The molecule has 1 N–H and O–H groups in total. The van der Waals surface area contributed by atoms with Crippen LogP contribution in [0.2, 0.25) is 10.0 Å². The maximum atomic E-state index is 13.6. The molecular weight excluding hydrogens is 497 g/mol. The van der Waals surface area contributed by atoms with Gasteiger partial charge in [-0.2, -0.15) is 0 Å². The van der Waals surface area contributed by atoms with Gasteiger partial charge in [0.2, 0.25) is 21.8 Å². The van der Waals surface area contributed by atoms with Crippen molar-refractivity contribution in [2.45, 2.75) is 46.2 Å². The standard InChI is InChI=1S/C24H31Cl2N3O4S/c1-5-13-27-24(31)22(6-2)28(15-19-20(25)11-8-12-21(19)26)23(30)16-29(34(4,32)33)18-10-7-9-17(3)14-18/h7-12,14,22H,5-6,13,15-16H2,1-4H3,(H,27,31)/t22-/m1/s1. The van der Waals surface area contributed by atoms with Crippen molar-refractivity contribution in [2.24, 2.45) is 0 Å². The monoisotopic (exact) mass is 527 g/mol. The molecule has 1 atom stereocenters. The summed E-state index contributed by atoms with van der Waals surface area (Å²) in [5.74, 6) is -0.858. The molecule has 0 unspecified atom stereocenters. The molecule has 0 fully saturated rings. The molecule has 2 rings (SSSR count). The van der Waals surface area contributed by atoms with Gasteiger partial charge in [0.15, 0.2) is 0 Å². The lowest BCUT2D eigenvalue weighted by Gasteiger charge is -2.33. The summed E-state index contributed by atoms with van der Waals surface area (Å²) in [7, 11) is -3.79. The van der Waals surface area contributed by atoms with E-state index in [1.165, 1.54) is 4.90 Å². The topological polar surface area (TPSA) is 86.8 Å². The molecular formula is C24H31Cl2N3O4S. The molecule has 0 aromatic heterocycles. The molecule has 0 aliphatic rings. The fraction of sp³-hybridized carbons (Fsp3) is 0.417. The Hall–Kier alpha value is -2.29. The number of halogens is 2. The lowest BCUT2D eigenvalue weighted by atomic mass is 10.1. The maximum Gasteiger partial charge on any atom is 0.244 e. The average Bonchev–Trinajstić information content (AvgIpc) is 2.76. The Morgan fingerprint density at radius 1 is 1.06 bits per heavy atom. The Morgan fingerprint density at radius 3 is 2.21 bits per heavy atom. The van der Waals surface area contributed by atoms with Crippen LogP contribution in [0, 0.1) is 6.92 Å². The molecule has 0 saturated carbocycles. The first-order valence-electron chi connectivity index (χ1n) is 11.0. The molecule has 0 radical (unpaired) electrons. The Morgan fingerprint density at radius 2 is 1.68 bits per heavy atom.